The molecule has 96 valence electrons. The lowest BCUT2D eigenvalue weighted by Crippen LogP contribution is -2.11. The third kappa shape index (κ3) is 3.32. The number of rotatable bonds is 4. The van der Waals surface area contributed by atoms with Crippen LogP contribution >= 0.6 is 0 Å². The second-order valence-electron chi connectivity index (χ2n) is 3.92. The minimum Gasteiger partial charge on any atom is -0.383 e. The summed E-state index contributed by atoms with van der Waals surface area (Å²) in [6, 6.07) is 7.36. The largest absolute Gasteiger partial charge is 0.389 e. The number of fused-ring (bicyclic) bond motifs is 1. The van der Waals surface area contributed by atoms with Crippen molar-refractivity contribution in [2.45, 2.75) is 19.0 Å². The van der Waals surface area contributed by atoms with Gasteiger partial charge < -0.3 is 5.32 Å². The van der Waals surface area contributed by atoms with E-state index in [0.717, 1.165) is 10.9 Å². The fourth-order valence-electron chi connectivity index (χ4n) is 1.66. The third-order valence-electron chi connectivity index (χ3n) is 2.50. The van der Waals surface area contributed by atoms with Gasteiger partial charge in [0.2, 0.25) is 0 Å². The molecule has 1 N–H and O–H groups in total. The minimum absolute atomic E-state index is 0.0418. The van der Waals surface area contributed by atoms with Crippen LogP contribution in [0, 0.1) is 0 Å². The molecule has 0 aliphatic carbocycles. The van der Waals surface area contributed by atoms with Gasteiger partial charge in [-0.05, 0) is 12.5 Å². The lowest BCUT2D eigenvalue weighted by molar-refractivity contribution is -0.134. The standard InChI is InChI=1S/C12H12F3N3/c13-12(14,15)6-3-7-16-11-8-17-18-10-5-2-1-4-9(10)11/h1-2,4-5,8H,3,6-7H2,(H,16,18). The fourth-order valence-corrected chi connectivity index (χ4v) is 1.66. The van der Waals surface area contributed by atoms with Crippen LogP contribution in [-0.2, 0) is 0 Å². The summed E-state index contributed by atoms with van der Waals surface area (Å²) in [4.78, 5) is 0. The van der Waals surface area contributed by atoms with E-state index in [2.05, 4.69) is 15.5 Å². The molecule has 0 amide bonds. The van der Waals surface area contributed by atoms with Crippen molar-refractivity contribution in [2.24, 2.45) is 0 Å². The fraction of sp³-hybridized carbons (Fsp3) is 0.333. The summed E-state index contributed by atoms with van der Waals surface area (Å²) >= 11 is 0. The molecule has 0 spiro atoms. The number of hydrogen-bond donors (Lipinski definition) is 1. The molecule has 0 unspecified atom stereocenters. The number of aromatic nitrogens is 2. The van der Waals surface area contributed by atoms with E-state index in [1.165, 1.54) is 6.20 Å². The van der Waals surface area contributed by atoms with Gasteiger partial charge in [-0.15, -0.1) is 0 Å². The van der Waals surface area contributed by atoms with Gasteiger partial charge in [-0.2, -0.15) is 23.4 Å². The molecule has 1 heterocycles. The maximum Gasteiger partial charge on any atom is 0.389 e. The Morgan fingerprint density at radius 2 is 1.94 bits per heavy atom. The molecule has 0 saturated carbocycles. The van der Waals surface area contributed by atoms with Gasteiger partial charge in [-0.3, -0.25) is 0 Å². The van der Waals surface area contributed by atoms with E-state index >= 15 is 0 Å². The molecule has 1 aromatic heterocycles. The quantitative estimate of drug-likeness (QED) is 0.851. The Bertz CT molecular complexity index is 520. The molecule has 1 aromatic carbocycles. The lowest BCUT2D eigenvalue weighted by atomic mass is 10.2. The molecule has 0 radical (unpaired) electrons. The summed E-state index contributed by atoms with van der Waals surface area (Å²) in [5.74, 6) is 0. The first-order valence-electron chi connectivity index (χ1n) is 5.57. The van der Waals surface area contributed by atoms with Crippen molar-refractivity contribution in [1.29, 1.82) is 0 Å². The van der Waals surface area contributed by atoms with Crippen LogP contribution in [0.5, 0.6) is 0 Å². The molecule has 0 aliphatic heterocycles. The molecule has 0 saturated heterocycles. The predicted molar refractivity (Wildman–Crippen MR) is 63.3 cm³/mol. The zero-order valence-corrected chi connectivity index (χ0v) is 9.54. The summed E-state index contributed by atoms with van der Waals surface area (Å²) in [5.41, 5.74) is 1.43. The Hall–Kier alpha value is -1.85. The van der Waals surface area contributed by atoms with Gasteiger partial charge in [0, 0.05) is 18.4 Å². The molecular formula is C12H12F3N3. The van der Waals surface area contributed by atoms with Crippen molar-refractivity contribution in [3.63, 3.8) is 0 Å². The molecule has 6 heteroatoms. The first-order chi connectivity index (χ1) is 8.56. The zero-order valence-electron chi connectivity index (χ0n) is 9.54. The Kier molecular flexibility index (Phi) is 3.64. The van der Waals surface area contributed by atoms with Crippen LogP contribution in [-0.4, -0.2) is 22.9 Å². The van der Waals surface area contributed by atoms with Gasteiger partial charge in [-0.1, -0.05) is 18.2 Å². The molecule has 0 atom stereocenters. The topological polar surface area (TPSA) is 37.8 Å². The second kappa shape index (κ2) is 5.20. The van der Waals surface area contributed by atoms with E-state index in [-0.39, 0.29) is 13.0 Å². The van der Waals surface area contributed by atoms with Crippen LogP contribution in [0.25, 0.3) is 10.9 Å². The summed E-state index contributed by atoms with van der Waals surface area (Å²) in [7, 11) is 0. The molecule has 0 aliphatic rings. The van der Waals surface area contributed by atoms with Crippen LogP contribution < -0.4 is 5.32 Å². The minimum atomic E-state index is -4.10. The van der Waals surface area contributed by atoms with Gasteiger partial charge in [0.15, 0.2) is 0 Å². The van der Waals surface area contributed by atoms with Gasteiger partial charge >= 0.3 is 6.18 Å². The van der Waals surface area contributed by atoms with Crippen LogP contribution in [0.3, 0.4) is 0 Å². The average Bonchev–Trinajstić information content (AvgIpc) is 2.33. The average molecular weight is 255 g/mol. The lowest BCUT2D eigenvalue weighted by Gasteiger charge is -2.09. The SMILES string of the molecule is FC(F)(F)CCCNc1cnnc2ccccc12. The van der Waals surface area contributed by atoms with E-state index in [9.17, 15) is 13.2 Å². The molecular weight excluding hydrogens is 243 g/mol. The highest BCUT2D eigenvalue weighted by Gasteiger charge is 2.25. The van der Waals surface area contributed by atoms with Gasteiger partial charge in [0.05, 0.1) is 17.4 Å². The van der Waals surface area contributed by atoms with E-state index in [4.69, 9.17) is 0 Å². The van der Waals surface area contributed by atoms with Gasteiger partial charge in [-0.25, -0.2) is 0 Å². The molecule has 2 aromatic rings. The van der Waals surface area contributed by atoms with Crippen LogP contribution in [0.2, 0.25) is 0 Å². The third-order valence-corrected chi connectivity index (χ3v) is 2.50. The normalized spacial score (nSPS) is 11.7. The second-order valence-corrected chi connectivity index (χ2v) is 3.92. The highest BCUT2D eigenvalue weighted by atomic mass is 19.4. The van der Waals surface area contributed by atoms with Crippen LogP contribution in [0.4, 0.5) is 18.9 Å². The Morgan fingerprint density at radius 3 is 2.72 bits per heavy atom. The molecule has 0 fully saturated rings. The number of alkyl halides is 3. The summed E-state index contributed by atoms with van der Waals surface area (Å²) in [6.45, 7) is 0.259. The van der Waals surface area contributed by atoms with Crippen molar-refractivity contribution in [3.8, 4) is 0 Å². The maximum absolute atomic E-state index is 12.0. The monoisotopic (exact) mass is 255 g/mol. The Labute approximate surface area is 102 Å². The first-order valence-corrected chi connectivity index (χ1v) is 5.57. The van der Waals surface area contributed by atoms with E-state index in [1.54, 1.807) is 0 Å². The molecule has 0 bridgehead atoms. The number of benzene rings is 1. The number of nitrogens with one attached hydrogen (secondary N) is 1. The van der Waals surface area contributed by atoms with Crippen molar-refractivity contribution < 1.29 is 13.2 Å². The first kappa shape index (κ1) is 12.6. The molecule has 2 rings (SSSR count). The van der Waals surface area contributed by atoms with E-state index in [1.807, 2.05) is 24.3 Å². The summed E-state index contributed by atoms with van der Waals surface area (Å²) < 4.78 is 36.0. The maximum atomic E-state index is 12.0. The molecule has 18 heavy (non-hydrogen) atoms. The van der Waals surface area contributed by atoms with Crippen molar-refractivity contribution in [3.05, 3.63) is 30.5 Å². The van der Waals surface area contributed by atoms with E-state index in [0.29, 0.717) is 5.69 Å². The van der Waals surface area contributed by atoms with E-state index < -0.39 is 12.6 Å². The van der Waals surface area contributed by atoms with Crippen LogP contribution in [0.15, 0.2) is 30.5 Å². The van der Waals surface area contributed by atoms with Gasteiger partial charge in [0.25, 0.3) is 0 Å². The predicted octanol–water partition coefficient (Wildman–Crippen LogP) is 3.38. The van der Waals surface area contributed by atoms with Gasteiger partial charge in [0.1, 0.15) is 0 Å². The highest BCUT2D eigenvalue weighted by Crippen LogP contribution is 2.22. The molecule has 3 nitrogen and oxygen atoms in total. The number of nitrogens with zero attached hydrogens (tertiary/aromatic N) is 2. The Balaban J connectivity index is 2.00. The zero-order chi connectivity index (χ0) is 13.0. The number of halogens is 3. The number of hydrogen-bond acceptors (Lipinski definition) is 3. The smallest absolute Gasteiger partial charge is 0.383 e. The van der Waals surface area contributed by atoms with Crippen molar-refractivity contribution in [1.82, 2.24) is 10.2 Å². The summed E-state index contributed by atoms with van der Waals surface area (Å²) in [5, 5.41) is 11.6. The van der Waals surface area contributed by atoms with Crippen molar-refractivity contribution in [2.75, 3.05) is 11.9 Å². The Morgan fingerprint density at radius 1 is 1.17 bits per heavy atom. The number of anilines is 1. The highest BCUT2D eigenvalue weighted by molar-refractivity contribution is 5.90. The van der Waals surface area contributed by atoms with Crippen molar-refractivity contribution >= 4 is 16.6 Å². The summed E-state index contributed by atoms with van der Waals surface area (Å²) in [6.07, 6.45) is -3.31. The van der Waals surface area contributed by atoms with Crippen LogP contribution in [0.1, 0.15) is 12.8 Å².